The molecule has 0 unspecified atom stereocenters. The second-order valence-corrected chi connectivity index (χ2v) is 5.30. The summed E-state index contributed by atoms with van der Waals surface area (Å²) in [6, 6.07) is 5.41. The molecule has 0 aliphatic rings. The number of rotatable bonds is 4. The van der Waals surface area contributed by atoms with Crippen molar-refractivity contribution in [1.82, 2.24) is 20.6 Å². The van der Waals surface area contributed by atoms with Gasteiger partial charge in [-0.05, 0) is 24.3 Å². The van der Waals surface area contributed by atoms with Gasteiger partial charge in [0.15, 0.2) is 0 Å². The third-order valence-corrected chi connectivity index (χ3v) is 3.50. The second-order valence-electron chi connectivity index (χ2n) is 4.48. The molecule has 7 nitrogen and oxygen atoms in total. The van der Waals surface area contributed by atoms with Gasteiger partial charge in [0, 0.05) is 18.0 Å². The highest BCUT2D eigenvalue weighted by atomic mass is 35.5. The number of carbonyl (C=O) groups is 1. The number of anilines is 1. The first-order valence-electron chi connectivity index (χ1n) is 6.49. The lowest BCUT2D eigenvalue weighted by molar-refractivity contribution is 0.0960. The van der Waals surface area contributed by atoms with Crippen LogP contribution >= 0.6 is 23.2 Å². The fourth-order valence-corrected chi connectivity index (χ4v) is 2.24. The number of aromatic nitrogens is 3. The van der Waals surface area contributed by atoms with Crippen molar-refractivity contribution >= 4 is 35.1 Å². The standard InChI is InChI=1S/C14H8Cl2FN5O2/c15-9-6-10(16)11(17)5-8(9)13(23)20-21-14-19-12(22-24-14)7-1-3-18-4-2-7/h1-6H,(H,20,23)(H,19,21,22). The average Bonchev–Trinajstić information content (AvgIpc) is 3.06. The lowest BCUT2D eigenvalue weighted by atomic mass is 10.2. The first-order chi connectivity index (χ1) is 11.5. The summed E-state index contributed by atoms with van der Waals surface area (Å²) in [7, 11) is 0. The van der Waals surface area contributed by atoms with Crippen LogP contribution in [-0.4, -0.2) is 21.0 Å². The maximum absolute atomic E-state index is 13.4. The molecule has 0 radical (unpaired) electrons. The Morgan fingerprint density at radius 1 is 1.17 bits per heavy atom. The molecule has 10 heteroatoms. The van der Waals surface area contributed by atoms with E-state index in [-0.39, 0.29) is 21.6 Å². The number of halogens is 3. The molecule has 2 heterocycles. The van der Waals surface area contributed by atoms with Crippen molar-refractivity contribution in [3.63, 3.8) is 0 Å². The quantitative estimate of drug-likeness (QED) is 0.542. The maximum Gasteiger partial charge on any atom is 0.340 e. The summed E-state index contributed by atoms with van der Waals surface area (Å²) in [6.07, 6.45) is 3.16. The molecule has 0 spiro atoms. The fraction of sp³-hybridized carbons (Fsp3) is 0. The monoisotopic (exact) mass is 367 g/mol. The van der Waals surface area contributed by atoms with E-state index in [0.29, 0.717) is 11.4 Å². The van der Waals surface area contributed by atoms with Crippen LogP contribution in [0.5, 0.6) is 0 Å². The molecule has 1 aromatic carbocycles. The highest BCUT2D eigenvalue weighted by Gasteiger charge is 2.15. The number of hydrogen-bond donors (Lipinski definition) is 2. The maximum atomic E-state index is 13.4. The van der Waals surface area contributed by atoms with Crippen molar-refractivity contribution in [1.29, 1.82) is 0 Å². The molecule has 0 saturated heterocycles. The van der Waals surface area contributed by atoms with Gasteiger partial charge in [0.1, 0.15) is 5.82 Å². The van der Waals surface area contributed by atoms with Crippen molar-refractivity contribution in [2.24, 2.45) is 0 Å². The zero-order chi connectivity index (χ0) is 17.1. The molecule has 0 bridgehead atoms. The van der Waals surface area contributed by atoms with Crippen LogP contribution in [0, 0.1) is 5.82 Å². The minimum absolute atomic E-state index is 0.00343. The number of amides is 1. The number of pyridine rings is 1. The summed E-state index contributed by atoms with van der Waals surface area (Å²) in [4.78, 5) is 19.9. The van der Waals surface area contributed by atoms with Crippen molar-refractivity contribution in [2.75, 3.05) is 5.43 Å². The molecule has 3 aromatic rings. The van der Waals surface area contributed by atoms with Gasteiger partial charge in [0.05, 0.1) is 15.6 Å². The number of nitrogens with one attached hydrogen (secondary N) is 2. The van der Waals surface area contributed by atoms with E-state index in [0.717, 1.165) is 12.1 Å². The molecular formula is C14H8Cl2FN5O2. The van der Waals surface area contributed by atoms with Crippen molar-refractivity contribution < 1.29 is 13.7 Å². The van der Waals surface area contributed by atoms with Crippen LogP contribution in [0.3, 0.4) is 0 Å². The third kappa shape index (κ3) is 3.44. The van der Waals surface area contributed by atoms with Crippen LogP contribution in [0.4, 0.5) is 10.4 Å². The average molecular weight is 368 g/mol. The minimum atomic E-state index is -0.760. The summed E-state index contributed by atoms with van der Waals surface area (Å²) in [5.41, 5.74) is 5.29. The molecule has 0 atom stereocenters. The first-order valence-corrected chi connectivity index (χ1v) is 7.25. The summed E-state index contributed by atoms with van der Waals surface area (Å²) < 4.78 is 18.4. The Morgan fingerprint density at radius 2 is 1.92 bits per heavy atom. The second kappa shape index (κ2) is 6.81. The van der Waals surface area contributed by atoms with E-state index in [1.54, 1.807) is 24.5 Å². The number of hydrazine groups is 1. The van der Waals surface area contributed by atoms with Gasteiger partial charge >= 0.3 is 6.01 Å². The van der Waals surface area contributed by atoms with Gasteiger partial charge in [-0.25, -0.2) is 9.82 Å². The third-order valence-electron chi connectivity index (χ3n) is 2.90. The molecular weight excluding hydrogens is 360 g/mol. The van der Waals surface area contributed by atoms with Crippen LogP contribution in [0.2, 0.25) is 10.0 Å². The van der Waals surface area contributed by atoms with Crippen LogP contribution in [-0.2, 0) is 0 Å². The van der Waals surface area contributed by atoms with E-state index in [4.69, 9.17) is 27.7 Å². The SMILES string of the molecule is O=C(NNc1nc(-c2ccncc2)no1)c1cc(F)c(Cl)cc1Cl. The van der Waals surface area contributed by atoms with Gasteiger partial charge in [-0.3, -0.25) is 15.2 Å². The first kappa shape index (κ1) is 16.2. The lowest BCUT2D eigenvalue weighted by Gasteiger charge is -2.07. The highest BCUT2D eigenvalue weighted by Crippen LogP contribution is 2.24. The van der Waals surface area contributed by atoms with E-state index < -0.39 is 11.7 Å². The molecule has 1 amide bonds. The predicted octanol–water partition coefficient (Wildman–Crippen LogP) is 3.33. The molecule has 2 aromatic heterocycles. The molecule has 0 aliphatic heterocycles. The summed E-state index contributed by atoms with van der Waals surface area (Å²) in [6.45, 7) is 0. The molecule has 0 fully saturated rings. The van der Waals surface area contributed by atoms with Gasteiger partial charge in [-0.2, -0.15) is 4.98 Å². The van der Waals surface area contributed by atoms with Crippen LogP contribution < -0.4 is 10.9 Å². The van der Waals surface area contributed by atoms with Crippen molar-refractivity contribution in [3.05, 3.63) is 58.1 Å². The van der Waals surface area contributed by atoms with Gasteiger partial charge < -0.3 is 4.52 Å². The van der Waals surface area contributed by atoms with Crippen LogP contribution in [0.15, 0.2) is 41.2 Å². The molecule has 2 N–H and O–H groups in total. The zero-order valence-electron chi connectivity index (χ0n) is 11.8. The molecule has 3 rings (SSSR count). The number of benzene rings is 1. The summed E-state index contributed by atoms with van der Waals surface area (Å²) in [5, 5.41) is 3.58. The molecule has 122 valence electrons. The zero-order valence-corrected chi connectivity index (χ0v) is 13.3. The normalized spacial score (nSPS) is 10.5. The van der Waals surface area contributed by atoms with Gasteiger partial charge in [0.2, 0.25) is 5.82 Å². The molecule has 0 aliphatic carbocycles. The van der Waals surface area contributed by atoms with Crippen molar-refractivity contribution in [2.45, 2.75) is 0 Å². The Kier molecular flexibility index (Phi) is 4.59. The fourth-order valence-electron chi connectivity index (χ4n) is 1.77. The number of hydrogen-bond acceptors (Lipinski definition) is 6. The summed E-state index contributed by atoms with van der Waals surface area (Å²) in [5.74, 6) is -1.15. The highest BCUT2D eigenvalue weighted by molar-refractivity contribution is 6.36. The van der Waals surface area contributed by atoms with Crippen LogP contribution in [0.1, 0.15) is 10.4 Å². The van der Waals surface area contributed by atoms with E-state index >= 15 is 0 Å². The minimum Gasteiger partial charge on any atom is -0.313 e. The Morgan fingerprint density at radius 3 is 2.67 bits per heavy atom. The number of carbonyl (C=O) groups excluding carboxylic acids is 1. The predicted molar refractivity (Wildman–Crippen MR) is 85.0 cm³/mol. The Bertz CT molecular complexity index is 888. The largest absolute Gasteiger partial charge is 0.340 e. The molecule has 0 saturated carbocycles. The van der Waals surface area contributed by atoms with E-state index in [1.165, 1.54) is 0 Å². The van der Waals surface area contributed by atoms with E-state index in [1.807, 2.05) is 0 Å². The lowest BCUT2D eigenvalue weighted by Crippen LogP contribution is -2.29. The van der Waals surface area contributed by atoms with Gasteiger partial charge in [0.25, 0.3) is 5.91 Å². The smallest absolute Gasteiger partial charge is 0.313 e. The molecule has 24 heavy (non-hydrogen) atoms. The Balaban J connectivity index is 1.69. The van der Waals surface area contributed by atoms with Gasteiger partial charge in [-0.15, -0.1) is 0 Å². The summed E-state index contributed by atoms with van der Waals surface area (Å²) >= 11 is 11.4. The Hall–Kier alpha value is -2.71. The van der Waals surface area contributed by atoms with Crippen molar-refractivity contribution in [3.8, 4) is 11.4 Å². The van der Waals surface area contributed by atoms with Crippen LogP contribution in [0.25, 0.3) is 11.4 Å². The Labute approximate surface area is 144 Å². The number of nitrogens with zero attached hydrogens (tertiary/aromatic N) is 3. The van der Waals surface area contributed by atoms with Gasteiger partial charge in [-0.1, -0.05) is 28.4 Å². The van der Waals surface area contributed by atoms with E-state index in [9.17, 15) is 9.18 Å². The van der Waals surface area contributed by atoms with E-state index in [2.05, 4.69) is 26.0 Å². The topological polar surface area (TPSA) is 92.9 Å².